The molecule has 3 amide bonds. The second kappa shape index (κ2) is 10.1. The number of urea groups is 1. The van der Waals surface area contributed by atoms with Crippen LogP contribution in [0, 0.1) is 12.8 Å². The number of likely N-dealkylation sites (tertiary alicyclic amines) is 1. The second-order valence-corrected chi connectivity index (χ2v) is 10.1. The Morgan fingerprint density at radius 3 is 2.30 bits per heavy atom. The predicted octanol–water partition coefficient (Wildman–Crippen LogP) is 2.85. The van der Waals surface area contributed by atoms with E-state index in [1.165, 1.54) is 19.3 Å². The summed E-state index contributed by atoms with van der Waals surface area (Å²) in [5.74, 6) is 0.410. The van der Waals surface area contributed by atoms with E-state index < -0.39 is 0 Å². The summed E-state index contributed by atoms with van der Waals surface area (Å²) in [4.78, 5) is 36.4. The fraction of sp³-hybridized carbons (Fsp3) is 0.773. The van der Waals surface area contributed by atoms with E-state index >= 15 is 0 Å². The van der Waals surface area contributed by atoms with Gasteiger partial charge < -0.3 is 15.1 Å². The van der Waals surface area contributed by atoms with E-state index in [0.29, 0.717) is 32.2 Å². The Bertz CT molecular complexity index is 717. The Kier molecular flexibility index (Phi) is 7.25. The monoisotopic (exact) mass is 433 g/mol. The minimum Gasteiger partial charge on any atom is -0.339 e. The number of hydrogen-bond acceptors (Lipinski definition) is 5. The lowest BCUT2D eigenvalue weighted by atomic mass is 9.95. The number of piperazine rings is 1. The van der Waals surface area contributed by atoms with Gasteiger partial charge in [-0.15, -0.1) is 11.3 Å². The van der Waals surface area contributed by atoms with Crippen LogP contribution >= 0.6 is 11.3 Å². The average Bonchev–Trinajstić information content (AvgIpc) is 3.19. The predicted molar refractivity (Wildman–Crippen MR) is 118 cm³/mol. The normalized spacial score (nSPS) is 22.3. The van der Waals surface area contributed by atoms with Gasteiger partial charge in [0.2, 0.25) is 5.91 Å². The number of amides is 3. The maximum Gasteiger partial charge on any atom is 0.317 e. The van der Waals surface area contributed by atoms with Gasteiger partial charge >= 0.3 is 6.03 Å². The summed E-state index contributed by atoms with van der Waals surface area (Å²) in [5, 5.41) is 6.44. The molecule has 4 rings (SSSR count). The molecule has 2 aliphatic heterocycles. The zero-order chi connectivity index (χ0) is 20.9. The van der Waals surface area contributed by atoms with E-state index in [1.54, 1.807) is 11.3 Å². The minimum absolute atomic E-state index is 0.0552. The molecule has 30 heavy (non-hydrogen) atoms. The summed E-state index contributed by atoms with van der Waals surface area (Å²) >= 11 is 1.70. The molecule has 1 saturated carbocycles. The number of nitrogens with one attached hydrogen (secondary N) is 1. The number of carbonyl (C=O) groups is 2. The fourth-order valence-electron chi connectivity index (χ4n) is 4.95. The molecule has 3 fully saturated rings. The molecule has 0 radical (unpaired) electrons. The zero-order valence-electron chi connectivity index (χ0n) is 18.1. The van der Waals surface area contributed by atoms with Crippen molar-refractivity contribution in [1.29, 1.82) is 0 Å². The van der Waals surface area contributed by atoms with Crippen molar-refractivity contribution in [1.82, 2.24) is 25.0 Å². The number of carbonyl (C=O) groups excluding carboxylic acids is 2. The van der Waals surface area contributed by atoms with Crippen LogP contribution in [0.1, 0.15) is 55.6 Å². The highest BCUT2D eigenvalue weighted by Crippen LogP contribution is 2.23. The van der Waals surface area contributed by atoms with Gasteiger partial charge in [-0.25, -0.2) is 9.78 Å². The average molecular weight is 434 g/mol. The Balaban J connectivity index is 1.17. The first kappa shape index (κ1) is 21.6. The molecule has 0 atom stereocenters. The van der Waals surface area contributed by atoms with Gasteiger partial charge in [0.1, 0.15) is 0 Å². The molecular formula is C22H35N5O2S. The van der Waals surface area contributed by atoms with Crippen molar-refractivity contribution in [3.05, 3.63) is 16.1 Å². The van der Waals surface area contributed by atoms with Crippen molar-refractivity contribution in [2.75, 3.05) is 39.3 Å². The molecule has 0 aromatic carbocycles. The SMILES string of the molecule is Cc1nc(CN2CCC(C(=O)N3CCN(C(=O)NC4CCCCC4)CC3)CC2)cs1. The third kappa shape index (κ3) is 5.52. The lowest BCUT2D eigenvalue weighted by Gasteiger charge is -2.39. The van der Waals surface area contributed by atoms with E-state index in [2.05, 4.69) is 20.6 Å². The topological polar surface area (TPSA) is 68.8 Å². The maximum atomic E-state index is 13.0. The van der Waals surface area contributed by atoms with E-state index in [0.717, 1.165) is 56.0 Å². The summed E-state index contributed by atoms with van der Waals surface area (Å²) in [6.07, 6.45) is 7.77. The minimum atomic E-state index is 0.0552. The van der Waals surface area contributed by atoms with Crippen LogP contribution in [0.5, 0.6) is 0 Å². The summed E-state index contributed by atoms with van der Waals surface area (Å²) in [5.41, 5.74) is 1.14. The molecule has 0 bridgehead atoms. The van der Waals surface area contributed by atoms with Gasteiger partial charge in [-0.05, 0) is 45.7 Å². The summed E-state index contributed by atoms with van der Waals surface area (Å²) in [6, 6.07) is 0.392. The molecule has 3 aliphatic rings. The van der Waals surface area contributed by atoms with Crippen LogP contribution in [0.4, 0.5) is 4.79 Å². The zero-order valence-corrected chi connectivity index (χ0v) is 19.0. The number of nitrogens with zero attached hydrogens (tertiary/aromatic N) is 4. The van der Waals surface area contributed by atoms with E-state index in [4.69, 9.17) is 0 Å². The maximum absolute atomic E-state index is 13.0. The number of thiazole rings is 1. The van der Waals surface area contributed by atoms with Crippen LogP contribution in [0.2, 0.25) is 0 Å². The van der Waals surface area contributed by atoms with Crippen LogP contribution in [0.3, 0.4) is 0 Å². The Labute approximate surface area is 183 Å². The number of piperidine rings is 1. The lowest BCUT2D eigenvalue weighted by Crippen LogP contribution is -2.56. The highest BCUT2D eigenvalue weighted by molar-refractivity contribution is 7.09. The number of aromatic nitrogens is 1. The highest BCUT2D eigenvalue weighted by Gasteiger charge is 2.32. The highest BCUT2D eigenvalue weighted by atomic mass is 32.1. The smallest absolute Gasteiger partial charge is 0.317 e. The van der Waals surface area contributed by atoms with Crippen LogP contribution in [0.15, 0.2) is 5.38 Å². The van der Waals surface area contributed by atoms with Gasteiger partial charge in [0.25, 0.3) is 0 Å². The third-order valence-corrected chi connectivity index (χ3v) is 7.62. The Morgan fingerprint density at radius 2 is 1.67 bits per heavy atom. The summed E-state index contributed by atoms with van der Waals surface area (Å²) in [7, 11) is 0. The van der Waals surface area contributed by atoms with E-state index in [9.17, 15) is 9.59 Å². The quantitative estimate of drug-likeness (QED) is 0.793. The largest absolute Gasteiger partial charge is 0.339 e. The third-order valence-electron chi connectivity index (χ3n) is 6.80. The molecule has 0 unspecified atom stereocenters. The number of rotatable bonds is 4. The second-order valence-electron chi connectivity index (χ2n) is 9.01. The first-order valence-electron chi connectivity index (χ1n) is 11.6. The molecular weight excluding hydrogens is 398 g/mol. The molecule has 2 saturated heterocycles. The van der Waals surface area contributed by atoms with Crippen LogP contribution < -0.4 is 5.32 Å². The van der Waals surface area contributed by atoms with Gasteiger partial charge in [0.05, 0.1) is 10.7 Å². The molecule has 8 heteroatoms. The molecule has 1 aliphatic carbocycles. The van der Waals surface area contributed by atoms with Crippen molar-refractivity contribution >= 4 is 23.3 Å². The van der Waals surface area contributed by atoms with Crippen molar-refractivity contribution in [2.45, 2.75) is 64.5 Å². The van der Waals surface area contributed by atoms with E-state index in [-0.39, 0.29) is 17.9 Å². The standard InChI is InChI=1S/C22H35N5O2S/c1-17-23-20(16-30-17)15-25-9-7-18(8-10-25)21(28)26-11-13-27(14-12-26)22(29)24-19-5-3-2-4-6-19/h16,18-19H,2-15H2,1H3,(H,24,29). The van der Waals surface area contributed by atoms with Crippen LogP contribution in [-0.4, -0.2) is 76.9 Å². The van der Waals surface area contributed by atoms with Crippen molar-refractivity contribution < 1.29 is 9.59 Å². The van der Waals surface area contributed by atoms with Crippen molar-refractivity contribution in [2.24, 2.45) is 5.92 Å². The molecule has 1 aromatic heterocycles. The molecule has 1 N–H and O–H groups in total. The first-order chi connectivity index (χ1) is 14.6. The van der Waals surface area contributed by atoms with Crippen molar-refractivity contribution in [3.63, 3.8) is 0 Å². The van der Waals surface area contributed by atoms with Gasteiger partial charge in [-0.1, -0.05) is 19.3 Å². The molecule has 166 valence electrons. The molecule has 1 aromatic rings. The summed E-state index contributed by atoms with van der Waals surface area (Å²) in [6.45, 7) is 7.45. The van der Waals surface area contributed by atoms with Gasteiger partial charge in [-0.2, -0.15) is 0 Å². The molecule has 7 nitrogen and oxygen atoms in total. The van der Waals surface area contributed by atoms with E-state index in [1.807, 2.05) is 16.7 Å². The Morgan fingerprint density at radius 1 is 1.00 bits per heavy atom. The van der Waals surface area contributed by atoms with Gasteiger partial charge in [0.15, 0.2) is 0 Å². The fourth-order valence-corrected chi connectivity index (χ4v) is 5.55. The Hall–Kier alpha value is -1.67. The lowest BCUT2D eigenvalue weighted by molar-refractivity contribution is -0.138. The molecule has 0 spiro atoms. The van der Waals surface area contributed by atoms with Crippen molar-refractivity contribution in [3.8, 4) is 0 Å². The number of aryl methyl sites for hydroxylation is 1. The molecule has 3 heterocycles. The van der Waals surface area contributed by atoms with Crippen LogP contribution in [0.25, 0.3) is 0 Å². The van der Waals surface area contributed by atoms with Gasteiger partial charge in [-0.3, -0.25) is 9.69 Å². The van der Waals surface area contributed by atoms with Crippen LogP contribution in [-0.2, 0) is 11.3 Å². The summed E-state index contributed by atoms with van der Waals surface area (Å²) < 4.78 is 0. The van der Waals surface area contributed by atoms with Gasteiger partial charge in [0, 0.05) is 50.1 Å². The first-order valence-corrected chi connectivity index (χ1v) is 12.4. The number of hydrogen-bond donors (Lipinski definition) is 1.